The van der Waals surface area contributed by atoms with Crippen molar-refractivity contribution in [2.75, 3.05) is 17.7 Å². The molecule has 31 heavy (non-hydrogen) atoms. The number of halogens is 2. The van der Waals surface area contributed by atoms with E-state index in [4.69, 9.17) is 16.3 Å². The first-order valence-electron chi connectivity index (χ1n) is 9.37. The Bertz CT molecular complexity index is 1230. The van der Waals surface area contributed by atoms with E-state index in [1.165, 1.54) is 30.0 Å². The third-order valence-corrected chi connectivity index (χ3v) is 5.43. The molecule has 0 atom stereocenters. The lowest BCUT2D eigenvalue weighted by atomic mass is 10.2. The second-order valence-corrected chi connectivity index (χ2v) is 7.79. The van der Waals surface area contributed by atoms with E-state index in [1.807, 2.05) is 31.2 Å². The maximum absolute atomic E-state index is 13.2. The van der Waals surface area contributed by atoms with Gasteiger partial charge in [-0.3, -0.25) is 4.79 Å². The predicted octanol–water partition coefficient (Wildman–Crippen LogP) is 4.71. The summed E-state index contributed by atoms with van der Waals surface area (Å²) in [5, 5.41) is 16.2. The van der Waals surface area contributed by atoms with Gasteiger partial charge in [-0.25, -0.2) is 4.39 Å². The highest BCUT2D eigenvalue weighted by Gasteiger charge is 2.12. The molecular formula is C21H17ClFN5O2S. The van der Waals surface area contributed by atoms with E-state index in [1.54, 1.807) is 16.6 Å². The number of carbonyl (C=O) groups is 1. The number of benzene rings is 2. The van der Waals surface area contributed by atoms with E-state index in [9.17, 15) is 9.18 Å². The average molecular weight is 458 g/mol. The van der Waals surface area contributed by atoms with Crippen LogP contribution in [-0.2, 0) is 4.79 Å². The molecule has 158 valence electrons. The minimum Gasteiger partial charge on any atom is -0.494 e. The Hall–Kier alpha value is -3.17. The molecule has 0 aliphatic rings. The quantitative estimate of drug-likeness (QED) is 0.405. The number of nitrogens with one attached hydrogen (secondary N) is 1. The number of amides is 1. The first kappa shape index (κ1) is 21.1. The maximum Gasteiger partial charge on any atom is 0.234 e. The minimum atomic E-state index is -0.538. The van der Waals surface area contributed by atoms with Gasteiger partial charge in [0.25, 0.3) is 0 Å². The Morgan fingerprint density at radius 3 is 2.71 bits per heavy atom. The Balaban J connectivity index is 1.46. The van der Waals surface area contributed by atoms with Crippen molar-refractivity contribution in [3.63, 3.8) is 0 Å². The third-order valence-electron chi connectivity index (χ3n) is 4.22. The molecule has 0 saturated carbocycles. The molecule has 0 saturated heterocycles. The van der Waals surface area contributed by atoms with E-state index in [2.05, 4.69) is 20.6 Å². The van der Waals surface area contributed by atoms with Crippen molar-refractivity contribution < 1.29 is 13.9 Å². The standard InChI is InChI=1S/C21H17ClFN5O2S/c1-2-30-15-6-3-13(4-7-15)21-26-25-18-9-10-20(27-28(18)21)31-12-19(29)24-14-5-8-17(23)16(22)11-14/h3-11H,2,12H2,1H3,(H,24,29). The zero-order valence-electron chi connectivity index (χ0n) is 16.4. The molecule has 0 fully saturated rings. The molecule has 0 aliphatic heterocycles. The summed E-state index contributed by atoms with van der Waals surface area (Å²) in [6.45, 7) is 2.52. The lowest BCUT2D eigenvalue weighted by Gasteiger charge is -2.06. The molecule has 0 bridgehead atoms. The molecule has 1 N–H and O–H groups in total. The van der Waals surface area contributed by atoms with Gasteiger partial charge in [0.15, 0.2) is 11.5 Å². The van der Waals surface area contributed by atoms with Crippen LogP contribution in [0.1, 0.15) is 6.92 Å². The number of anilines is 1. The number of hydrogen-bond donors (Lipinski definition) is 1. The van der Waals surface area contributed by atoms with Crippen molar-refractivity contribution in [2.24, 2.45) is 0 Å². The predicted molar refractivity (Wildman–Crippen MR) is 118 cm³/mol. The number of ether oxygens (including phenoxy) is 1. The molecule has 0 spiro atoms. The van der Waals surface area contributed by atoms with Crippen molar-refractivity contribution in [3.8, 4) is 17.1 Å². The van der Waals surface area contributed by atoms with Gasteiger partial charge in [0.05, 0.1) is 17.4 Å². The van der Waals surface area contributed by atoms with E-state index in [0.717, 1.165) is 11.3 Å². The molecule has 0 radical (unpaired) electrons. The van der Waals surface area contributed by atoms with Crippen LogP contribution in [0.15, 0.2) is 59.6 Å². The SMILES string of the molecule is CCOc1ccc(-c2nnc3ccc(SCC(=O)Nc4ccc(F)c(Cl)c4)nn23)cc1. The lowest BCUT2D eigenvalue weighted by Crippen LogP contribution is -2.14. The number of hydrogen-bond acceptors (Lipinski definition) is 6. The first-order chi connectivity index (χ1) is 15.0. The highest BCUT2D eigenvalue weighted by Crippen LogP contribution is 2.24. The van der Waals surface area contributed by atoms with Gasteiger partial charge in [-0.1, -0.05) is 23.4 Å². The molecule has 0 unspecified atom stereocenters. The van der Waals surface area contributed by atoms with Crippen LogP contribution >= 0.6 is 23.4 Å². The van der Waals surface area contributed by atoms with Gasteiger partial charge in [0.2, 0.25) is 5.91 Å². The summed E-state index contributed by atoms with van der Waals surface area (Å²) in [5.41, 5.74) is 1.87. The van der Waals surface area contributed by atoms with Crippen LogP contribution < -0.4 is 10.1 Å². The zero-order valence-corrected chi connectivity index (χ0v) is 18.0. The molecule has 10 heteroatoms. The lowest BCUT2D eigenvalue weighted by molar-refractivity contribution is -0.113. The molecule has 7 nitrogen and oxygen atoms in total. The Kier molecular flexibility index (Phi) is 6.34. The smallest absolute Gasteiger partial charge is 0.234 e. The van der Waals surface area contributed by atoms with Gasteiger partial charge in [-0.05, 0) is 61.5 Å². The number of fused-ring (bicyclic) bond motifs is 1. The van der Waals surface area contributed by atoms with E-state index < -0.39 is 5.82 Å². The van der Waals surface area contributed by atoms with Gasteiger partial charge in [-0.15, -0.1) is 10.2 Å². The van der Waals surface area contributed by atoms with Crippen molar-refractivity contribution in [1.82, 2.24) is 19.8 Å². The fourth-order valence-electron chi connectivity index (χ4n) is 2.81. The molecule has 0 aliphatic carbocycles. The molecule has 2 heterocycles. The zero-order chi connectivity index (χ0) is 21.8. The van der Waals surface area contributed by atoms with E-state index >= 15 is 0 Å². The molecule has 1 amide bonds. The second-order valence-electron chi connectivity index (χ2n) is 6.39. The van der Waals surface area contributed by atoms with E-state index in [0.29, 0.717) is 28.8 Å². The molecule has 2 aromatic carbocycles. The number of carbonyl (C=O) groups excluding carboxylic acids is 1. The minimum absolute atomic E-state index is 0.0491. The summed E-state index contributed by atoms with van der Waals surface area (Å²) in [6.07, 6.45) is 0. The normalized spacial score (nSPS) is 10.9. The van der Waals surface area contributed by atoms with E-state index in [-0.39, 0.29) is 16.7 Å². The van der Waals surface area contributed by atoms with Crippen LogP contribution in [0, 0.1) is 5.82 Å². The van der Waals surface area contributed by atoms with Crippen LogP contribution in [0.5, 0.6) is 5.75 Å². The second kappa shape index (κ2) is 9.32. The number of thioether (sulfide) groups is 1. The van der Waals surface area contributed by atoms with Crippen LogP contribution in [0.3, 0.4) is 0 Å². The molecule has 4 rings (SSSR count). The van der Waals surface area contributed by atoms with Gasteiger partial charge in [-0.2, -0.15) is 9.61 Å². The highest BCUT2D eigenvalue weighted by atomic mass is 35.5. The van der Waals surface area contributed by atoms with Crippen LogP contribution in [0.2, 0.25) is 5.02 Å². The Labute approximate surface area is 186 Å². The molecule has 2 aromatic heterocycles. The van der Waals surface area contributed by atoms with Crippen LogP contribution in [0.25, 0.3) is 17.0 Å². The van der Waals surface area contributed by atoms with Gasteiger partial charge < -0.3 is 10.1 Å². The summed E-state index contributed by atoms with van der Waals surface area (Å²) in [5.74, 6) is 0.686. The Morgan fingerprint density at radius 2 is 1.97 bits per heavy atom. The first-order valence-corrected chi connectivity index (χ1v) is 10.7. The summed E-state index contributed by atoms with van der Waals surface area (Å²) in [4.78, 5) is 12.2. The topological polar surface area (TPSA) is 81.4 Å². The molecule has 4 aromatic rings. The summed E-state index contributed by atoms with van der Waals surface area (Å²) in [6, 6.07) is 15.1. The highest BCUT2D eigenvalue weighted by molar-refractivity contribution is 7.99. The maximum atomic E-state index is 13.2. The summed E-state index contributed by atoms with van der Waals surface area (Å²) in [7, 11) is 0. The summed E-state index contributed by atoms with van der Waals surface area (Å²) >= 11 is 7.00. The van der Waals surface area contributed by atoms with Gasteiger partial charge >= 0.3 is 0 Å². The van der Waals surface area contributed by atoms with Crippen molar-refractivity contribution in [3.05, 3.63) is 65.4 Å². The number of nitrogens with zero attached hydrogens (tertiary/aromatic N) is 4. The number of aromatic nitrogens is 4. The largest absolute Gasteiger partial charge is 0.494 e. The molecular weight excluding hydrogens is 441 g/mol. The summed E-state index contributed by atoms with van der Waals surface area (Å²) < 4.78 is 20.3. The fraction of sp³-hybridized carbons (Fsp3) is 0.143. The van der Waals surface area contributed by atoms with Crippen molar-refractivity contribution >= 4 is 40.6 Å². The van der Waals surface area contributed by atoms with Crippen molar-refractivity contribution in [2.45, 2.75) is 11.9 Å². The Morgan fingerprint density at radius 1 is 1.16 bits per heavy atom. The average Bonchev–Trinajstić information content (AvgIpc) is 3.19. The van der Waals surface area contributed by atoms with Crippen LogP contribution in [-0.4, -0.2) is 38.1 Å². The number of rotatable bonds is 7. The van der Waals surface area contributed by atoms with Crippen LogP contribution in [0.4, 0.5) is 10.1 Å². The van der Waals surface area contributed by atoms with Gasteiger partial charge in [0, 0.05) is 11.3 Å². The van der Waals surface area contributed by atoms with Crippen molar-refractivity contribution in [1.29, 1.82) is 0 Å². The van der Waals surface area contributed by atoms with Gasteiger partial charge in [0.1, 0.15) is 16.6 Å². The fourth-order valence-corrected chi connectivity index (χ4v) is 3.64. The third kappa shape index (κ3) is 4.95. The monoisotopic (exact) mass is 457 g/mol.